The lowest BCUT2D eigenvalue weighted by Gasteiger charge is -2.46. The van der Waals surface area contributed by atoms with Crippen LogP contribution in [0, 0.1) is 0 Å². The summed E-state index contributed by atoms with van der Waals surface area (Å²) in [5, 5.41) is 0. The fourth-order valence-electron chi connectivity index (χ4n) is 5.56. The maximum Gasteiger partial charge on any atom is 0.230 e. The van der Waals surface area contributed by atoms with E-state index in [1.54, 1.807) is 14.2 Å². The van der Waals surface area contributed by atoms with Gasteiger partial charge in [-0.05, 0) is 69.3 Å². The molecule has 1 aromatic carbocycles. The van der Waals surface area contributed by atoms with Crippen molar-refractivity contribution in [1.82, 2.24) is 9.80 Å². The normalized spacial score (nSPS) is 29.1. The van der Waals surface area contributed by atoms with Crippen molar-refractivity contribution in [3.63, 3.8) is 0 Å². The highest BCUT2D eigenvalue weighted by atomic mass is 16.5. The molecule has 1 aliphatic carbocycles. The van der Waals surface area contributed by atoms with Gasteiger partial charge in [0.15, 0.2) is 11.5 Å². The first kappa shape index (κ1) is 19.6. The SMILES string of the molecule is COc1ccc(C2CCCN(C3CCCCC3N3CCCC3)C2=O)cc1OC. The molecule has 5 heteroatoms. The zero-order chi connectivity index (χ0) is 19.5. The number of amides is 1. The third kappa shape index (κ3) is 3.73. The summed E-state index contributed by atoms with van der Waals surface area (Å²) in [6, 6.07) is 6.90. The van der Waals surface area contributed by atoms with Crippen molar-refractivity contribution in [1.29, 1.82) is 0 Å². The van der Waals surface area contributed by atoms with Crippen LogP contribution in [0.5, 0.6) is 11.5 Å². The van der Waals surface area contributed by atoms with E-state index in [0.717, 1.165) is 31.4 Å². The van der Waals surface area contributed by atoms with Gasteiger partial charge in [-0.1, -0.05) is 18.9 Å². The molecule has 3 unspecified atom stereocenters. The van der Waals surface area contributed by atoms with E-state index in [1.165, 1.54) is 45.2 Å². The van der Waals surface area contributed by atoms with E-state index in [9.17, 15) is 4.79 Å². The Morgan fingerprint density at radius 2 is 1.54 bits per heavy atom. The number of nitrogens with zero attached hydrogens (tertiary/aromatic N) is 2. The molecule has 0 bridgehead atoms. The molecule has 4 rings (SSSR count). The Bertz CT molecular complexity index is 686. The quantitative estimate of drug-likeness (QED) is 0.772. The number of ether oxygens (including phenoxy) is 2. The van der Waals surface area contributed by atoms with Gasteiger partial charge in [-0.2, -0.15) is 0 Å². The van der Waals surface area contributed by atoms with Crippen molar-refractivity contribution >= 4 is 5.91 Å². The van der Waals surface area contributed by atoms with E-state index in [0.29, 0.717) is 29.5 Å². The van der Waals surface area contributed by atoms with Crippen molar-refractivity contribution < 1.29 is 14.3 Å². The smallest absolute Gasteiger partial charge is 0.230 e. The summed E-state index contributed by atoms with van der Waals surface area (Å²) < 4.78 is 10.8. The topological polar surface area (TPSA) is 42.0 Å². The number of hydrogen-bond acceptors (Lipinski definition) is 4. The molecule has 0 aromatic heterocycles. The van der Waals surface area contributed by atoms with Crippen LogP contribution in [0.15, 0.2) is 18.2 Å². The summed E-state index contributed by atoms with van der Waals surface area (Å²) in [7, 11) is 3.30. The standard InChI is InChI=1S/C23H34N2O3/c1-27-21-12-11-17(16-22(21)28-2)18-8-7-15-25(23(18)26)20-10-4-3-9-19(20)24-13-5-6-14-24/h11-12,16,18-20H,3-10,13-15H2,1-2H3. The second-order valence-electron chi connectivity index (χ2n) is 8.50. The maximum atomic E-state index is 13.6. The average Bonchev–Trinajstić information content (AvgIpc) is 3.28. The molecule has 0 N–H and O–H groups in total. The highest BCUT2D eigenvalue weighted by Gasteiger charge is 2.40. The predicted molar refractivity (Wildman–Crippen MR) is 110 cm³/mol. The number of methoxy groups -OCH3 is 2. The fourth-order valence-corrected chi connectivity index (χ4v) is 5.56. The molecule has 2 heterocycles. The molecule has 3 fully saturated rings. The summed E-state index contributed by atoms with van der Waals surface area (Å²) in [6.07, 6.45) is 9.58. The molecule has 154 valence electrons. The molecule has 3 atom stereocenters. The molecule has 0 spiro atoms. The maximum absolute atomic E-state index is 13.6. The summed E-state index contributed by atoms with van der Waals surface area (Å²) >= 11 is 0. The van der Waals surface area contributed by atoms with Gasteiger partial charge in [0.05, 0.1) is 20.1 Å². The van der Waals surface area contributed by atoms with Crippen molar-refractivity contribution in [2.75, 3.05) is 33.9 Å². The lowest BCUT2D eigenvalue weighted by atomic mass is 9.83. The van der Waals surface area contributed by atoms with Crippen molar-refractivity contribution in [3.05, 3.63) is 23.8 Å². The Kier molecular flexibility index (Phi) is 6.10. The molecule has 2 aliphatic heterocycles. The van der Waals surface area contributed by atoms with Crippen molar-refractivity contribution in [2.24, 2.45) is 0 Å². The van der Waals surface area contributed by atoms with Gasteiger partial charge in [-0.3, -0.25) is 9.69 Å². The van der Waals surface area contributed by atoms with E-state index in [4.69, 9.17) is 9.47 Å². The van der Waals surface area contributed by atoms with Crippen LogP contribution in [0.1, 0.15) is 62.8 Å². The highest BCUT2D eigenvalue weighted by Crippen LogP contribution is 2.38. The minimum absolute atomic E-state index is 0.0605. The predicted octanol–water partition coefficient (Wildman–Crippen LogP) is 3.82. The summed E-state index contributed by atoms with van der Waals surface area (Å²) in [6.45, 7) is 3.34. The van der Waals surface area contributed by atoms with E-state index < -0.39 is 0 Å². The van der Waals surface area contributed by atoms with E-state index in [1.807, 2.05) is 18.2 Å². The molecule has 1 amide bonds. The number of hydrogen-bond donors (Lipinski definition) is 0. The van der Waals surface area contributed by atoms with Gasteiger partial charge in [-0.15, -0.1) is 0 Å². The molecule has 1 saturated carbocycles. The van der Waals surface area contributed by atoms with Crippen LogP contribution in [-0.2, 0) is 4.79 Å². The molecule has 1 aromatic rings. The van der Waals surface area contributed by atoms with Crippen LogP contribution in [0.4, 0.5) is 0 Å². The zero-order valence-electron chi connectivity index (χ0n) is 17.4. The number of carbonyl (C=O) groups excluding carboxylic acids is 1. The fraction of sp³-hybridized carbons (Fsp3) is 0.696. The van der Waals surface area contributed by atoms with Gasteiger partial charge in [0.25, 0.3) is 0 Å². The molecule has 2 saturated heterocycles. The number of rotatable bonds is 5. The van der Waals surface area contributed by atoms with E-state index >= 15 is 0 Å². The number of likely N-dealkylation sites (tertiary alicyclic amines) is 2. The first-order chi connectivity index (χ1) is 13.7. The van der Waals surface area contributed by atoms with Crippen molar-refractivity contribution in [2.45, 2.75) is 69.4 Å². The van der Waals surface area contributed by atoms with Gasteiger partial charge in [-0.25, -0.2) is 0 Å². The molecular weight excluding hydrogens is 352 g/mol. The molecular formula is C23H34N2O3. The largest absolute Gasteiger partial charge is 0.493 e. The third-order valence-corrected chi connectivity index (χ3v) is 6.99. The second kappa shape index (κ2) is 8.73. The van der Waals surface area contributed by atoms with E-state index in [2.05, 4.69) is 9.80 Å². The minimum atomic E-state index is -0.0605. The van der Waals surface area contributed by atoms with Crippen LogP contribution in [0.3, 0.4) is 0 Å². The van der Waals surface area contributed by atoms with Gasteiger partial charge in [0.2, 0.25) is 5.91 Å². The van der Waals surface area contributed by atoms with Gasteiger partial charge >= 0.3 is 0 Å². The van der Waals surface area contributed by atoms with Crippen molar-refractivity contribution in [3.8, 4) is 11.5 Å². The Morgan fingerprint density at radius 3 is 2.25 bits per heavy atom. The Morgan fingerprint density at radius 1 is 0.821 bits per heavy atom. The minimum Gasteiger partial charge on any atom is -0.493 e. The van der Waals surface area contributed by atoms with E-state index in [-0.39, 0.29) is 5.92 Å². The van der Waals surface area contributed by atoms with Crippen LogP contribution >= 0.6 is 0 Å². The average molecular weight is 387 g/mol. The van der Waals surface area contributed by atoms with Crippen LogP contribution in [0.25, 0.3) is 0 Å². The lowest BCUT2D eigenvalue weighted by molar-refractivity contribution is -0.140. The number of piperidine rings is 1. The monoisotopic (exact) mass is 386 g/mol. The number of benzene rings is 1. The first-order valence-corrected chi connectivity index (χ1v) is 11.0. The second-order valence-corrected chi connectivity index (χ2v) is 8.50. The van der Waals surface area contributed by atoms with Crippen LogP contribution < -0.4 is 9.47 Å². The van der Waals surface area contributed by atoms with Gasteiger partial charge < -0.3 is 14.4 Å². The summed E-state index contributed by atoms with van der Waals surface area (Å²) in [5.74, 6) is 1.68. The number of carbonyl (C=O) groups is 1. The summed E-state index contributed by atoms with van der Waals surface area (Å²) in [4.78, 5) is 18.5. The molecule has 3 aliphatic rings. The Hall–Kier alpha value is -1.75. The molecule has 28 heavy (non-hydrogen) atoms. The van der Waals surface area contributed by atoms with Gasteiger partial charge in [0, 0.05) is 18.6 Å². The molecule has 0 radical (unpaired) electrons. The lowest BCUT2D eigenvalue weighted by Crippen LogP contribution is -2.56. The van der Waals surface area contributed by atoms with Gasteiger partial charge in [0.1, 0.15) is 0 Å². The molecule has 5 nitrogen and oxygen atoms in total. The Labute approximate surface area is 169 Å². The van der Waals surface area contributed by atoms with Crippen LogP contribution in [0.2, 0.25) is 0 Å². The third-order valence-electron chi connectivity index (χ3n) is 6.99. The highest BCUT2D eigenvalue weighted by molar-refractivity contribution is 5.85. The Balaban J connectivity index is 1.55. The van der Waals surface area contributed by atoms with Crippen LogP contribution in [-0.4, -0.2) is 61.6 Å². The summed E-state index contributed by atoms with van der Waals surface area (Å²) in [5.41, 5.74) is 1.06. The zero-order valence-corrected chi connectivity index (χ0v) is 17.4. The first-order valence-electron chi connectivity index (χ1n) is 11.0.